The Kier molecular flexibility index (Phi) is 4.59. The normalized spacial score (nSPS) is 20.4. The van der Waals surface area contributed by atoms with Crippen LogP contribution < -0.4 is 15.2 Å². The van der Waals surface area contributed by atoms with Gasteiger partial charge in [-0.15, -0.1) is 0 Å². The van der Waals surface area contributed by atoms with Crippen molar-refractivity contribution in [1.82, 2.24) is 0 Å². The van der Waals surface area contributed by atoms with E-state index in [2.05, 4.69) is 13.8 Å². The first-order chi connectivity index (χ1) is 9.43. The molecule has 1 saturated carbocycles. The van der Waals surface area contributed by atoms with E-state index in [0.717, 1.165) is 29.9 Å². The van der Waals surface area contributed by atoms with Crippen LogP contribution >= 0.6 is 0 Å². The zero-order chi connectivity index (χ0) is 14.8. The van der Waals surface area contributed by atoms with Crippen LogP contribution in [0.1, 0.15) is 58.1 Å². The molecule has 1 aliphatic rings. The van der Waals surface area contributed by atoms with E-state index in [4.69, 9.17) is 15.2 Å². The highest BCUT2D eigenvalue weighted by atomic mass is 16.5. The SMILES string of the molecule is COc1cccc(OC2CCC(C)(C)CC2)c1[C@H](C)N. The Morgan fingerprint density at radius 1 is 1.20 bits per heavy atom. The topological polar surface area (TPSA) is 44.5 Å². The zero-order valence-corrected chi connectivity index (χ0v) is 13.1. The second kappa shape index (κ2) is 6.04. The van der Waals surface area contributed by atoms with Gasteiger partial charge in [0.15, 0.2) is 0 Å². The summed E-state index contributed by atoms with van der Waals surface area (Å²) in [5.74, 6) is 1.69. The molecule has 2 N–H and O–H groups in total. The molecule has 0 aliphatic heterocycles. The zero-order valence-electron chi connectivity index (χ0n) is 13.1. The molecule has 1 fully saturated rings. The van der Waals surface area contributed by atoms with Gasteiger partial charge in [0.1, 0.15) is 11.5 Å². The van der Waals surface area contributed by atoms with E-state index in [1.807, 2.05) is 25.1 Å². The van der Waals surface area contributed by atoms with Gasteiger partial charge in [-0.25, -0.2) is 0 Å². The molecule has 0 aromatic heterocycles. The molecule has 0 amide bonds. The van der Waals surface area contributed by atoms with Gasteiger partial charge >= 0.3 is 0 Å². The molecular weight excluding hydrogens is 250 g/mol. The van der Waals surface area contributed by atoms with Gasteiger partial charge in [-0.3, -0.25) is 0 Å². The predicted octanol–water partition coefficient (Wildman–Crippen LogP) is 4.06. The van der Waals surface area contributed by atoms with Crippen molar-refractivity contribution in [2.24, 2.45) is 11.1 Å². The van der Waals surface area contributed by atoms with Crippen LogP contribution in [0.2, 0.25) is 0 Å². The molecule has 0 heterocycles. The lowest BCUT2D eigenvalue weighted by atomic mass is 9.76. The summed E-state index contributed by atoms with van der Waals surface area (Å²) in [5, 5.41) is 0. The van der Waals surface area contributed by atoms with Crippen LogP contribution in [-0.2, 0) is 0 Å². The monoisotopic (exact) mass is 277 g/mol. The number of methoxy groups -OCH3 is 1. The lowest BCUT2D eigenvalue weighted by Crippen LogP contribution is -2.28. The maximum Gasteiger partial charge on any atom is 0.128 e. The summed E-state index contributed by atoms with van der Waals surface area (Å²) in [6.45, 7) is 6.64. The fourth-order valence-electron chi connectivity index (χ4n) is 2.92. The Hall–Kier alpha value is -1.22. The molecule has 0 bridgehead atoms. The summed E-state index contributed by atoms with van der Waals surface area (Å²) in [6, 6.07) is 5.81. The minimum atomic E-state index is -0.0961. The van der Waals surface area contributed by atoms with Crippen molar-refractivity contribution in [2.75, 3.05) is 7.11 Å². The summed E-state index contributed by atoms with van der Waals surface area (Å²) in [6.07, 6.45) is 4.96. The highest BCUT2D eigenvalue weighted by molar-refractivity contribution is 5.46. The van der Waals surface area contributed by atoms with Gasteiger partial charge in [0.05, 0.1) is 18.8 Å². The third kappa shape index (κ3) is 3.45. The molecule has 1 atom stereocenters. The van der Waals surface area contributed by atoms with Crippen molar-refractivity contribution in [3.8, 4) is 11.5 Å². The number of rotatable bonds is 4. The second-order valence-electron chi connectivity index (χ2n) is 6.64. The Bertz CT molecular complexity index is 444. The highest BCUT2D eigenvalue weighted by Crippen LogP contribution is 2.39. The van der Waals surface area contributed by atoms with Crippen LogP contribution in [-0.4, -0.2) is 13.2 Å². The van der Waals surface area contributed by atoms with Crippen molar-refractivity contribution in [3.63, 3.8) is 0 Å². The molecule has 3 heteroatoms. The minimum absolute atomic E-state index is 0.0961. The summed E-state index contributed by atoms with van der Waals surface area (Å²) in [4.78, 5) is 0. The third-order valence-corrected chi connectivity index (χ3v) is 4.28. The van der Waals surface area contributed by atoms with E-state index in [0.29, 0.717) is 11.5 Å². The Balaban J connectivity index is 2.14. The van der Waals surface area contributed by atoms with Gasteiger partial charge in [0, 0.05) is 6.04 Å². The first-order valence-electron chi connectivity index (χ1n) is 7.52. The number of benzene rings is 1. The van der Waals surface area contributed by atoms with Gasteiger partial charge in [-0.1, -0.05) is 19.9 Å². The average molecular weight is 277 g/mol. The molecule has 2 rings (SSSR count). The molecule has 20 heavy (non-hydrogen) atoms. The smallest absolute Gasteiger partial charge is 0.128 e. The maximum absolute atomic E-state index is 6.22. The Morgan fingerprint density at radius 3 is 2.35 bits per heavy atom. The maximum atomic E-state index is 6.22. The van der Waals surface area contributed by atoms with Crippen LogP contribution in [0.5, 0.6) is 11.5 Å². The Labute approximate surface area is 122 Å². The van der Waals surface area contributed by atoms with Crippen molar-refractivity contribution in [2.45, 2.75) is 58.6 Å². The van der Waals surface area contributed by atoms with E-state index >= 15 is 0 Å². The fourth-order valence-corrected chi connectivity index (χ4v) is 2.92. The van der Waals surface area contributed by atoms with Gasteiger partial charge < -0.3 is 15.2 Å². The van der Waals surface area contributed by atoms with Crippen molar-refractivity contribution in [3.05, 3.63) is 23.8 Å². The van der Waals surface area contributed by atoms with Gasteiger partial charge in [0.2, 0.25) is 0 Å². The van der Waals surface area contributed by atoms with E-state index in [1.54, 1.807) is 7.11 Å². The predicted molar refractivity (Wildman–Crippen MR) is 82.3 cm³/mol. The molecule has 3 nitrogen and oxygen atoms in total. The van der Waals surface area contributed by atoms with Crippen LogP contribution in [0.15, 0.2) is 18.2 Å². The molecule has 0 unspecified atom stereocenters. The number of hydrogen-bond donors (Lipinski definition) is 1. The highest BCUT2D eigenvalue weighted by Gasteiger charge is 2.28. The second-order valence-corrected chi connectivity index (χ2v) is 6.64. The largest absolute Gasteiger partial charge is 0.496 e. The standard InChI is InChI=1S/C17H27NO2/c1-12(18)16-14(19-4)6-5-7-15(16)20-13-8-10-17(2,3)11-9-13/h5-7,12-13H,8-11,18H2,1-4H3/t12-/m0/s1. The number of nitrogens with two attached hydrogens (primary N) is 1. The quantitative estimate of drug-likeness (QED) is 0.902. The van der Waals surface area contributed by atoms with Gasteiger partial charge in [-0.2, -0.15) is 0 Å². The van der Waals surface area contributed by atoms with Gasteiger partial charge in [-0.05, 0) is 50.2 Å². The van der Waals surface area contributed by atoms with Crippen molar-refractivity contribution >= 4 is 0 Å². The van der Waals surface area contributed by atoms with E-state index in [1.165, 1.54) is 12.8 Å². The third-order valence-electron chi connectivity index (χ3n) is 4.28. The lowest BCUT2D eigenvalue weighted by molar-refractivity contribution is 0.0974. The summed E-state index contributed by atoms with van der Waals surface area (Å²) in [5.41, 5.74) is 7.51. The van der Waals surface area contributed by atoms with E-state index < -0.39 is 0 Å². The molecule has 0 spiro atoms. The van der Waals surface area contributed by atoms with Crippen LogP contribution in [0.3, 0.4) is 0 Å². The number of hydrogen-bond acceptors (Lipinski definition) is 3. The number of ether oxygens (including phenoxy) is 2. The van der Waals surface area contributed by atoms with E-state index in [-0.39, 0.29) is 6.04 Å². The van der Waals surface area contributed by atoms with Crippen molar-refractivity contribution in [1.29, 1.82) is 0 Å². The first-order valence-corrected chi connectivity index (χ1v) is 7.52. The average Bonchev–Trinajstić information content (AvgIpc) is 2.40. The summed E-state index contributed by atoms with van der Waals surface area (Å²) >= 11 is 0. The van der Waals surface area contributed by atoms with Crippen LogP contribution in [0, 0.1) is 5.41 Å². The molecule has 1 aromatic carbocycles. The molecule has 1 aliphatic carbocycles. The van der Waals surface area contributed by atoms with Gasteiger partial charge in [0.25, 0.3) is 0 Å². The Morgan fingerprint density at radius 2 is 1.80 bits per heavy atom. The summed E-state index contributed by atoms with van der Waals surface area (Å²) < 4.78 is 11.6. The molecular formula is C17H27NO2. The van der Waals surface area contributed by atoms with Crippen molar-refractivity contribution < 1.29 is 9.47 Å². The lowest BCUT2D eigenvalue weighted by Gasteiger charge is -2.34. The van der Waals surface area contributed by atoms with Crippen LogP contribution in [0.25, 0.3) is 0 Å². The fraction of sp³-hybridized carbons (Fsp3) is 0.647. The first kappa shape index (κ1) is 15.2. The minimum Gasteiger partial charge on any atom is -0.496 e. The summed E-state index contributed by atoms with van der Waals surface area (Å²) in [7, 11) is 1.67. The molecule has 112 valence electrons. The molecule has 1 aromatic rings. The van der Waals surface area contributed by atoms with Crippen LogP contribution in [0.4, 0.5) is 0 Å². The molecule has 0 saturated heterocycles. The molecule has 0 radical (unpaired) electrons. The van der Waals surface area contributed by atoms with E-state index in [9.17, 15) is 0 Å².